The van der Waals surface area contributed by atoms with E-state index in [4.69, 9.17) is 4.98 Å². The van der Waals surface area contributed by atoms with Crippen molar-refractivity contribution in [2.45, 2.75) is 71.5 Å². The minimum atomic E-state index is 0.154. The summed E-state index contributed by atoms with van der Waals surface area (Å²) in [6.07, 6.45) is 5.51. The predicted octanol–water partition coefficient (Wildman–Crippen LogP) is 3.66. The van der Waals surface area contributed by atoms with E-state index >= 15 is 0 Å². The van der Waals surface area contributed by atoms with Gasteiger partial charge in [-0.3, -0.25) is 0 Å². The summed E-state index contributed by atoms with van der Waals surface area (Å²) in [5.74, 6) is 2.12. The topological polar surface area (TPSA) is 28.2 Å². The molecule has 0 saturated heterocycles. The second-order valence-corrected chi connectivity index (χ2v) is 7.91. The van der Waals surface area contributed by atoms with E-state index in [-0.39, 0.29) is 5.54 Å². The molecule has 0 atom stereocenters. The number of nitrogens with zero attached hydrogens (tertiary/aromatic N) is 2. The molecule has 0 unspecified atom stereocenters. The average Bonchev–Trinajstić information content (AvgIpc) is 3.24. The summed E-state index contributed by atoms with van der Waals surface area (Å²) in [6, 6.07) is 5.26. The lowest BCUT2D eigenvalue weighted by Crippen LogP contribution is -2.35. The molecular formula is C18H29N3. The van der Waals surface area contributed by atoms with Gasteiger partial charge in [0.2, 0.25) is 0 Å². The largest absolute Gasteiger partial charge is 0.353 e. The van der Waals surface area contributed by atoms with Crippen molar-refractivity contribution in [3.63, 3.8) is 0 Å². The molecule has 2 aliphatic rings. The molecule has 3 rings (SSSR count). The van der Waals surface area contributed by atoms with E-state index in [1.165, 1.54) is 43.6 Å². The van der Waals surface area contributed by atoms with Crippen LogP contribution in [0.25, 0.3) is 0 Å². The fraction of sp³-hybridized carbons (Fsp3) is 0.722. The van der Waals surface area contributed by atoms with Gasteiger partial charge < -0.3 is 10.2 Å². The molecule has 0 bridgehead atoms. The third-order valence-corrected chi connectivity index (χ3v) is 4.26. The Bertz CT molecular complexity index is 496. The van der Waals surface area contributed by atoms with Crippen molar-refractivity contribution < 1.29 is 0 Å². The van der Waals surface area contributed by atoms with Crippen molar-refractivity contribution in [3.05, 3.63) is 23.4 Å². The Morgan fingerprint density at radius 3 is 2.48 bits per heavy atom. The minimum absolute atomic E-state index is 0.154. The number of nitrogens with one attached hydrogen (secondary N) is 1. The number of aromatic nitrogens is 1. The van der Waals surface area contributed by atoms with Crippen LogP contribution in [0.15, 0.2) is 12.1 Å². The molecule has 2 saturated carbocycles. The number of rotatable bonds is 6. The second kappa shape index (κ2) is 5.60. The van der Waals surface area contributed by atoms with Crippen LogP contribution < -0.4 is 10.2 Å². The fourth-order valence-corrected chi connectivity index (χ4v) is 2.73. The summed E-state index contributed by atoms with van der Waals surface area (Å²) in [7, 11) is 0. The van der Waals surface area contributed by atoms with Crippen LogP contribution in [0.1, 0.15) is 57.7 Å². The summed E-state index contributed by atoms with van der Waals surface area (Å²) >= 11 is 0. The quantitative estimate of drug-likeness (QED) is 0.865. The van der Waals surface area contributed by atoms with Crippen molar-refractivity contribution in [2.24, 2.45) is 5.92 Å². The molecule has 116 valence electrons. The number of anilines is 1. The third kappa shape index (κ3) is 4.44. The van der Waals surface area contributed by atoms with Crippen molar-refractivity contribution in [3.8, 4) is 0 Å². The monoisotopic (exact) mass is 287 g/mol. The van der Waals surface area contributed by atoms with Crippen LogP contribution in [0.5, 0.6) is 0 Å². The molecule has 1 aromatic heterocycles. The van der Waals surface area contributed by atoms with Gasteiger partial charge in [0, 0.05) is 30.4 Å². The lowest BCUT2D eigenvalue weighted by atomic mass is 10.1. The molecular weight excluding hydrogens is 258 g/mol. The average molecular weight is 287 g/mol. The van der Waals surface area contributed by atoms with E-state index in [0.29, 0.717) is 0 Å². The van der Waals surface area contributed by atoms with Gasteiger partial charge in [-0.2, -0.15) is 0 Å². The van der Waals surface area contributed by atoms with Crippen molar-refractivity contribution in [1.82, 2.24) is 10.3 Å². The normalized spacial score (nSPS) is 18.9. The molecule has 2 aliphatic carbocycles. The maximum absolute atomic E-state index is 4.82. The van der Waals surface area contributed by atoms with Gasteiger partial charge in [0.05, 0.1) is 0 Å². The highest BCUT2D eigenvalue weighted by molar-refractivity contribution is 5.45. The van der Waals surface area contributed by atoms with Crippen LogP contribution in [0.3, 0.4) is 0 Å². The van der Waals surface area contributed by atoms with Gasteiger partial charge in [-0.05, 0) is 77.0 Å². The molecule has 0 spiro atoms. The highest BCUT2D eigenvalue weighted by Crippen LogP contribution is 2.37. The highest BCUT2D eigenvalue weighted by Gasteiger charge is 2.34. The molecule has 0 amide bonds. The summed E-state index contributed by atoms with van der Waals surface area (Å²) in [6.45, 7) is 10.9. The predicted molar refractivity (Wildman–Crippen MR) is 88.7 cm³/mol. The van der Waals surface area contributed by atoms with Crippen molar-refractivity contribution >= 4 is 5.82 Å². The summed E-state index contributed by atoms with van der Waals surface area (Å²) < 4.78 is 0. The number of pyridine rings is 1. The minimum Gasteiger partial charge on any atom is -0.353 e. The lowest BCUT2D eigenvalue weighted by Gasteiger charge is -2.25. The van der Waals surface area contributed by atoms with Crippen LogP contribution in [0.4, 0.5) is 5.82 Å². The first kappa shape index (κ1) is 14.8. The maximum Gasteiger partial charge on any atom is 0.129 e. The molecule has 21 heavy (non-hydrogen) atoms. The molecule has 3 nitrogen and oxygen atoms in total. The first-order chi connectivity index (χ1) is 9.90. The maximum atomic E-state index is 4.82. The van der Waals surface area contributed by atoms with Crippen LogP contribution in [-0.2, 0) is 6.54 Å². The van der Waals surface area contributed by atoms with Gasteiger partial charge in [0.25, 0.3) is 0 Å². The zero-order chi connectivity index (χ0) is 15.0. The highest BCUT2D eigenvalue weighted by atomic mass is 15.2. The van der Waals surface area contributed by atoms with E-state index in [9.17, 15) is 0 Å². The van der Waals surface area contributed by atoms with Gasteiger partial charge in [-0.25, -0.2) is 4.98 Å². The first-order valence-electron chi connectivity index (χ1n) is 8.40. The van der Waals surface area contributed by atoms with Crippen molar-refractivity contribution in [2.75, 3.05) is 11.4 Å². The van der Waals surface area contributed by atoms with Gasteiger partial charge in [-0.15, -0.1) is 0 Å². The second-order valence-electron chi connectivity index (χ2n) is 7.91. The SMILES string of the molecule is Cc1cc(CNC(C)(C)C)cc(N(CC2CC2)C2CC2)n1. The van der Waals surface area contributed by atoms with Crippen LogP contribution in [0, 0.1) is 12.8 Å². The number of hydrogen-bond donors (Lipinski definition) is 1. The van der Waals surface area contributed by atoms with Gasteiger partial charge in [-0.1, -0.05) is 0 Å². The Balaban J connectivity index is 1.75. The third-order valence-electron chi connectivity index (χ3n) is 4.26. The zero-order valence-electron chi connectivity index (χ0n) is 13.9. The van der Waals surface area contributed by atoms with Gasteiger partial charge in [0.15, 0.2) is 0 Å². The Morgan fingerprint density at radius 2 is 1.90 bits per heavy atom. The summed E-state index contributed by atoms with van der Waals surface area (Å²) in [4.78, 5) is 7.39. The molecule has 1 aromatic rings. The smallest absolute Gasteiger partial charge is 0.129 e. The summed E-state index contributed by atoms with van der Waals surface area (Å²) in [5, 5.41) is 3.58. The van der Waals surface area contributed by atoms with E-state index < -0.39 is 0 Å². The van der Waals surface area contributed by atoms with E-state index in [0.717, 1.165) is 24.2 Å². The number of aryl methyl sites for hydroxylation is 1. The Hall–Kier alpha value is -1.09. The van der Waals surface area contributed by atoms with E-state index in [2.05, 4.69) is 50.0 Å². The van der Waals surface area contributed by atoms with Crippen LogP contribution >= 0.6 is 0 Å². The fourth-order valence-electron chi connectivity index (χ4n) is 2.73. The summed E-state index contributed by atoms with van der Waals surface area (Å²) in [5.41, 5.74) is 2.65. The molecule has 1 heterocycles. The molecule has 2 fully saturated rings. The zero-order valence-corrected chi connectivity index (χ0v) is 13.9. The van der Waals surface area contributed by atoms with Crippen LogP contribution in [-0.4, -0.2) is 23.1 Å². The van der Waals surface area contributed by atoms with Crippen LogP contribution in [0.2, 0.25) is 0 Å². The Morgan fingerprint density at radius 1 is 1.19 bits per heavy atom. The van der Waals surface area contributed by atoms with E-state index in [1.54, 1.807) is 0 Å². The van der Waals surface area contributed by atoms with Gasteiger partial charge in [0.1, 0.15) is 5.82 Å². The number of hydrogen-bond acceptors (Lipinski definition) is 3. The standard InChI is InChI=1S/C18H29N3/c1-13-9-15(11-19-18(2,3)4)10-17(20-13)21(16-7-8-16)12-14-5-6-14/h9-10,14,16,19H,5-8,11-12H2,1-4H3. The van der Waals surface area contributed by atoms with Crippen molar-refractivity contribution in [1.29, 1.82) is 0 Å². The molecule has 1 N–H and O–H groups in total. The Labute approximate surface area is 129 Å². The van der Waals surface area contributed by atoms with Gasteiger partial charge >= 0.3 is 0 Å². The molecule has 0 aliphatic heterocycles. The molecule has 3 heteroatoms. The van der Waals surface area contributed by atoms with E-state index in [1.807, 2.05) is 0 Å². The lowest BCUT2D eigenvalue weighted by molar-refractivity contribution is 0.424. The molecule has 0 radical (unpaired) electrons. The molecule has 0 aromatic carbocycles. The first-order valence-corrected chi connectivity index (χ1v) is 8.40. The Kier molecular flexibility index (Phi) is 3.96.